The smallest absolute Gasteiger partial charge is 0.246 e. The number of nitrogens with one attached hydrogen (secondary N) is 1. The number of methoxy groups -OCH3 is 3. The molecule has 0 aliphatic heterocycles. The molecule has 6 heteroatoms. The first-order chi connectivity index (χ1) is 15.0. The average molecular weight is 421 g/mol. The van der Waals surface area contributed by atoms with E-state index < -0.39 is 6.04 Å². The first-order valence-corrected chi connectivity index (χ1v) is 9.96. The number of benzene rings is 3. The number of anilines is 1. The van der Waals surface area contributed by atoms with Crippen LogP contribution < -0.4 is 19.5 Å². The molecule has 3 rings (SSSR count). The molecule has 162 valence electrons. The third-order valence-electron chi connectivity index (χ3n) is 5.02. The summed E-state index contributed by atoms with van der Waals surface area (Å²) in [7, 11) is 6.75. The Morgan fingerprint density at radius 2 is 1.61 bits per heavy atom. The van der Waals surface area contributed by atoms with Crippen LogP contribution in [-0.2, 0) is 11.3 Å². The second-order valence-electron chi connectivity index (χ2n) is 7.14. The quantitative estimate of drug-likeness (QED) is 0.551. The Labute approximate surface area is 183 Å². The molecule has 3 aromatic carbocycles. The Morgan fingerprint density at radius 3 is 2.29 bits per heavy atom. The van der Waals surface area contributed by atoms with Crippen LogP contribution in [0.4, 0.5) is 5.69 Å². The second-order valence-corrected chi connectivity index (χ2v) is 7.14. The normalized spacial score (nSPS) is 11.6. The highest BCUT2D eigenvalue weighted by molar-refractivity contribution is 5.95. The Kier molecular flexibility index (Phi) is 7.51. The number of carbonyl (C=O) groups is 1. The number of rotatable bonds is 9. The largest absolute Gasteiger partial charge is 0.497 e. The number of hydrogen-bond acceptors (Lipinski definition) is 5. The van der Waals surface area contributed by atoms with Crippen molar-refractivity contribution in [3.05, 3.63) is 83.9 Å². The number of nitrogens with zero attached hydrogens (tertiary/aromatic N) is 1. The molecule has 0 aromatic heterocycles. The summed E-state index contributed by atoms with van der Waals surface area (Å²) >= 11 is 0. The number of amides is 1. The van der Waals surface area contributed by atoms with E-state index >= 15 is 0 Å². The van der Waals surface area contributed by atoms with Crippen molar-refractivity contribution in [2.45, 2.75) is 12.6 Å². The van der Waals surface area contributed by atoms with E-state index in [1.54, 1.807) is 27.4 Å². The van der Waals surface area contributed by atoms with Crippen molar-refractivity contribution in [3.63, 3.8) is 0 Å². The van der Waals surface area contributed by atoms with Gasteiger partial charge in [-0.05, 0) is 42.4 Å². The minimum Gasteiger partial charge on any atom is -0.497 e. The van der Waals surface area contributed by atoms with Gasteiger partial charge in [-0.15, -0.1) is 0 Å². The van der Waals surface area contributed by atoms with E-state index in [1.807, 2.05) is 78.7 Å². The molecule has 3 aromatic rings. The highest BCUT2D eigenvalue weighted by Crippen LogP contribution is 2.30. The summed E-state index contributed by atoms with van der Waals surface area (Å²) in [4.78, 5) is 15.3. The van der Waals surface area contributed by atoms with Gasteiger partial charge >= 0.3 is 0 Å². The van der Waals surface area contributed by atoms with E-state index in [1.165, 1.54) is 0 Å². The average Bonchev–Trinajstić information content (AvgIpc) is 2.79. The predicted octanol–water partition coefficient (Wildman–Crippen LogP) is 4.52. The van der Waals surface area contributed by atoms with Crippen molar-refractivity contribution in [3.8, 4) is 17.2 Å². The van der Waals surface area contributed by atoms with E-state index in [9.17, 15) is 4.79 Å². The van der Waals surface area contributed by atoms with Crippen LogP contribution in [0.1, 0.15) is 17.2 Å². The molecule has 0 aliphatic rings. The zero-order valence-electron chi connectivity index (χ0n) is 18.3. The van der Waals surface area contributed by atoms with Gasteiger partial charge in [-0.2, -0.15) is 0 Å². The van der Waals surface area contributed by atoms with E-state index in [0.29, 0.717) is 29.5 Å². The fraction of sp³-hybridized carbons (Fsp3) is 0.240. The molecule has 1 N–H and O–H groups in total. The van der Waals surface area contributed by atoms with Crippen LogP contribution in [0.15, 0.2) is 72.8 Å². The SMILES string of the molecule is COc1cccc(NC(=O)[C@@H](c2ccccc2)N(C)Cc2ccc(OC)c(OC)c2)c1. The molecule has 0 spiro atoms. The third kappa shape index (κ3) is 5.55. The van der Waals surface area contributed by atoms with Gasteiger partial charge in [0.1, 0.15) is 11.8 Å². The van der Waals surface area contributed by atoms with Crippen molar-refractivity contribution in [1.29, 1.82) is 0 Å². The monoisotopic (exact) mass is 420 g/mol. The number of ether oxygens (including phenoxy) is 3. The van der Waals surface area contributed by atoms with E-state index in [4.69, 9.17) is 14.2 Å². The number of likely N-dealkylation sites (N-methyl/N-ethyl adjacent to an activating group) is 1. The van der Waals surface area contributed by atoms with Gasteiger partial charge < -0.3 is 19.5 Å². The van der Waals surface area contributed by atoms with E-state index in [-0.39, 0.29) is 5.91 Å². The summed E-state index contributed by atoms with van der Waals surface area (Å²) in [6, 6.07) is 22.3. The van der Waals surface area contributed by atoms with Crippen molar-refractivity contribution in [1.82, 2.24) is 4.90 Å². The lowest BCUT2D eigenvalue weighted by molar-refractivity contribution is -0.121. The lowest BCUT2D eigenvalue weighted by atomic mass is 10.0. The molecule has 0 saturated carbocycles. The molecule has 0 unspecified atom stereocenters. The van der Waals surface area contributed by atoms with Crippen molar-refractivity contribution >= 4 is 11.6 Å². The van der Waals surface area contributed by atoms with Gasteiger partial charge in [-0.25, -0.2) is 0 Å². The Morgan fingerprint density at radius 1 is 0.871 bits per heavy atom. The predicted molar refractivity (Wildman–Crippen MR) is 122 cm³/mol. The van der Waals surface area contributed by atoms with Gasteiger partial charge in [0, 0.05) is 18.3 Å². The van der Waals surface area contributed by atoms with E-state index in [0.717, 1.165) is 11.1 Å². The molecule has 0 saturated heterocycles. The van der Waals surface area contributed by atoms with Crippen molar-refractivity contribution < 1.29 is 19.0 Å². The van der Waals surface area contributed by atoms with Crippen molar-refractivity contribution in [2.75, 3.05) is 33.7 Å². The van der Waals surface area contributed by atoms with Gasteiger partial charge in [-0.3, -0.25) is 9.69 Å². The van der Waals surface area contributed by atoms with Crippen LogP contribution in [0.5, 0.6) is 17.2 Å². The molecule has 1 atom stereocenters. The maximum absolute atomic E-state index is 13.3. The first-order valence-electron chi connectivity index (χ1n) is 9.96. The Bertz CT molecular complexity index is 1010. The number of hydrogen-bond donors (Lipinski definition) is 1. The number of carbonyl (C=O) groups excluding carboxylic acids is 1. The van der Waals surface area contributed by atoms with Gasteiger partial charge in [0.25, 0.3) is 0 Å². The van der Waals surface area contributed by atoms with Gasteiger partial charge in [-0.1, -0.05) is 42.5 Å². The van der Waals surface area contributed by atoms with Crippen LogP contribution in [-0.4, -0.2) is 39.2 Å². The van der Waals surface area contributed by atoms with Gasteiger partial charge in [0.15, 0.2) is 11.5 Å². The van der Waals surface area contributed by atoms with Crippen LogP contribution in [0.25, 0.3) is 0 Å². The zero-order valence-corrected chi connectivity index (χ0v) is 18.3. The standard InChI is InChI=1S/C25H28N2O4/c1-27(17-18-13-14-22(30-3)23(15-18)31-4)24(19-9-6-5-7-10-19)25(28)26-20-11-8-12-21(16-20)29-2/h5-16,24H,17H2,1-4H3,(H,26,28)/t24-/m1/s1. The Balaban J connectivity index is 1.85. The second kappa shape index (κ2) is 10.5. The summed E-state index contributed by atoms with van der Waals surface area (Å²) < 4.78 is 16.0. The molecular formula is C25H28N2O4. The molecule has 0 heterocycles. The summed E-state index contributed by atoms with van der Waals surface area (Å²) in [5.74, 6) is 1.89. The summed E-state index contributed by atoms with van der Waals surface area (Å²) in [6.45, 7) is 0.547. The maximum atomic E-state index is 13.3. The summed E-state index contributed by atoms with van der Waals surface area (Å²) in [5.41, 5.74) is 2.60. The summed E-state index contributed by atoms with van der Waals surface area (Å²) in [6.07, 6.45) is 0. The lowest BCUT2D eigenvalue weighted by Gasteiger charge is -2.28. The van der Waals surface area contributed by atoms with Crippen LogP contribution in [0, 0.1) is 0 Å². The molecule has 1 amide bonds. The zero-order chi connectivity index (χ0) is 22.2. The highest BCUT2D eigenvalue weighted by atomic mass is 16.5. The molecule has 0 bridgehead atoms. The fourth-order valence-corrected chi connectivity index (χ4v) is 3.51. The topological polar surface area (TPSA) is 60.0 Å². The molecule has 0 aliphatic carbocycles. The van der Waals surface area contributed by atoms with Crippen LogP contribution in [0.2, 0.25) is 0 Å². The molecule has 6 nitrogen and oxygen atoms in total. The lowest BCUT2D eigenvalue weighted by Crippen LogP contribution is -2.34. The minimum atomic E-state index is -0.486. The third-order valence-corrected chi connectivity index (χ3v) is 5.02. The molecule has 0 fully saturated rings. The Hall–Kier alpha value is -3.51. The fourth-order valence-electron chi connectivity index (χ4n) is 3.51. The first kappa shape index (κ1) is 22.2. The van der Waals surface area contributed by atoms with Crippen LogP contribution in [0.3, 0.4) is 0 Å². The molecule has 31 heavy (non-hydrogen) atoms. The highest BCUT2D eigenvalue weighted by Gasteiger charge is 2.25. The van der Waals surface area contributed by atoms with Crippen molar-refractivity contribution in [2.24, 2.45) is 0 Å². The molecular weight excluding hydrogens is 392 g/mol. The summed E-state index contributed by atoms with van der Waals surface area (Å²) in [5, 5.41) is 3.02. The van der Waals surface area contributed by atoms with E-state index in [2.05, 4.69) is 5.32 Å². The van der Waals surface area contributed by atoms with Gasteiger partial charge in [0.2, 0.25) is 5.91 Å². The minimum absolute atomic E-state index is 0.123. The molecule has 0 radical (unpaired) electrons. The van der Waals surface area contributed by atoms with Crippen LogP contribution >= 0.6 is 0 Å². The maximum Gasteiger partial charge on any atom is 0.246 e. The van der Waals surface area contributed by atoms with Gasteiger partial charge in [0.05, 0.1) is 21.3 Å².